The zero-order chi connectivity index (χ0) is 27.1. The second-order valence-electron chi connectivity index (χ2n) is 15.1. The topological polar surface area (TPSA) is 69.4 Å². The molecule has 1 amide bonds. The van der Waals surface area contributed by atoms with Crippen LogP contribution in [0.3, 0.4) is 0 Å². The largest absolute Gasteiger partial charge is 0.326 e. The van der Waals surface area contributed by atoms with Gasteiger partial charge >= 0.3 is 0 Å². The Morgan fingerprint density at radius 2 is 1.22 bits per heavy atom. The predicted octanol–water partition coefficient (Wildman–Crippen LogP) is 2.25. The normalized spacial score (nSPS) is 34.4. The molecule has 210 valence electrons. The number of rotatable bonds is 2. The predicted molar refractivity (Wildman–Crippen MR) is 148 cm³/mol. The van der Waals surface area contributed by atoms with E-state index in [0.29, 0.717) is 18.8 Å². The van der Waals surface area contributed by atoms with E-state index in [0.717, 1.165) is 51.5 Å². The number of carbonyl (C=O) groups excluding carboxylic acids is 1. The lowest BCUT2D eigenvalue weighted by molar-refractivity contribution is -0.152. The Bertz CT molecular complexity index is 897. The summed E-state index contributed by atoms with van der Waals surface area (Å²) < 4.78 is 0. The molecule has 0 spiro atoms. The lowest BCUT2D eigenvalue weighted by atomic mass is 9.79. The average Bonchev–Trinajstić information content (AvgIpc) is 3.00. The number of nitrogens with zero attached hydrogens (tertiary/aromatic N) is 5. The highest BCUT2D eigenvalue weighted by Gasteiger charge is 2.53. The third kappa shape index (κ3) is 5.26. The van der Waals surface area contributed by atoms with Gasteiger partial charge in [-0.05, 0) is 81.1 Å². The van der Waals surface area contributed by atoms with Gasteiger partial charge in [0.15, 0.2) is 0 Å². The first-order valence-corrected chi connectivity index (χ1v) is 14.3. The molecule has 5 aliphatic heterocycles. The van der Waals surface area contributed by atoms with E-state index < -0.39 is 0 Å². The van der Waals surface area contributed by atoms with E-state index in [9.17, 15) is 4.79 Å². The van der Waals surface area contributed by atoms with Gasteiger partial charge < -0.3 is 25.3 Å². The van der Waals surface area contributed by atoms with Crippen molar-refractivity contribution in [1.82, 2.24) is 40.4 Å². The van der Waals surface area contributed by atoms with Crippen LogP contribution >= 0.6 is 0 Å². The highest BCUT2D eigenvalue weighted by molar-refractivity contribution is 5.73. The molecule has 3 N–H and O–H groups in total. The van der Waals surface area contributed by atoms with Crippen LogP contribution in [0, 0.1) is 0 Å². The molecular weight excluding hydrogens is 464 g/mol. The summed E-state index contributed by atoms with van der Waals surface area (Å²) in [6, 6.07) is 0.896. The summed E-state index contributed by atoms with van der Waals surface area (Å²) >= 11 is 0. The van der Waals surface area contributed by atoms with Gasteiger partial charge in [0.2, 0.25) is 5.91 Å². The molecule has 0 bridgehead atoms. The molecule has 0 aromatic carbocycles. The van der Waals surface area contributed by atoms with Gasteiger partial charge in [0, 0.05) is 41.2 Å². The van der Waals surface area contributed by atoms with Crippen LogP contribution < -0.4 is 16.0 Å². The molecule has 5 saturated heterocycles. The van der Waals surface area contributed by atoms with Gasteiger partial charge in [-0.15, -0.1) is 0 Å². The molecule has 0 aliphatic carbocycles. The number of hydrogen-bond acceptors (Lipinski definition) is 8. The van der Waals surface area contributed by atoms with Gasteiger partial charge in [-0.25, -0.2) is 0 Å². The number of piperidine rings is 2. The minimum absolute atomic E-state index is 0.0213. The summed E-state index contributed by atoms with van der Waals surface area (Å²) in [6.07, 6.45) is 4.40. The molecule has 2 unspecified atom stereocenters. The van der Waals surface area contributed by atoms with Gasteiger partial charge in [0.25, 0.3) is 0 Å². The van der Waals surface area contributed by atoms with E-state index in [1.165, 1.54) is 0 Å². The van der Waals surface area contributed by atoms with Crippen molar-refractivity contribution in [3.8, 4) is 0 Å². The Hall–Kier alpha value is -1.39. The van der Waals surface area contributed by atoms with E-state index >= 15 is 0 Å². The summed E-state index contributed by atoms with van der Waals surface area (Å²) in [4.78, 5) is 25.0. The van der Waals surface area contributed by atoms with Crippen molar-refractivity contribution in [2.75, 3.05) is 26.7 Å². The number of carbonyl (C=O) groups is 1. The number of hydrogen-bond donors (Lipinski definition) is 3. The van der Waals surface area contributed by atoms with E-state index in [4.69, 9.17) is 0 Å². The first-order valence-electron chi connectivity index (χ1n) is 14.3. The molecule has 5 fully saturated rings. The highest BCUT2D eigenvalue weighted by Crippen LogP contribution is 2.40. The Balaban J connectivity index is 1.35. The minimum atomic E-state index is -0.0213. The SMILES string of the molecule is C=C1N2CN(C3CC(C)(C)NC(C)(C)C3)CNC2C2N1CN(C1CC(C)(C)NC(C)(C)C1)CN2C(C)=O. The molecule has 9 heteroatoms. The first-order chi connectivity index (χ1) is 17.0. The van der Waals surface area contributed by atoms with Gasteiger partial charge in [-0.1, -0.05) is 6.58 Å². The fraction of sp³-hybridized carbons (Fsp3) is 0.893. The molecule has 5 aliphatic rings. The van der Waals surface area contributed by atoms with Crippen LogP contribution in [-0.4, -0.2) is 104 Å². The van der Waals surface area contributed by atoms with Crippen LogP contribution in [-0.2, 0) is 4.79 Å². The van der Waals surface area contributed by atoms with Crippen molar-refractivity contribution in [3.63, 3.8) is 0 Å². The van der Waals surface area contributed by atoms with Gasteiger partial charge in [0.05, 0.1) is 26.7 Å². The van der Waals surface area contributed by atoms with Crippen molar-refractivity contribution in [2.45, 2.75) is 135 Å². The van der Waals surface area contributed by atoms with Crippen molar-refractivity contribution in [1.29, 1.82) is 0 Å². The Labute approximate surface area is 224 Å². The van der Waals surface area contributed by atoms with Gasteiger partial charge in [-0.2, -0.15) is 0 Å². The maximum absolute atomic E-state index is 13.0. The average molecular weight is 517 g/mol. The summed E-state index contributed by atoms with van der Waals surface area (Å²) in [6.45, 7) is 27.9. The van der Waals surface area contributed by atoms with E-state index in [2.05, 4.69) is 102 Å². The molecule has 5 rings (SSSR count). The zero-order valence-corrected chi connectivity index (χ0v) is 24.8. The Morgan fingerprint density at radius 3 is 1.70 bits per heavy atom. The standard InChI is InChI=1S/C28H52N8O/c1-19-34-16-32(21-11-25(3,4)30-26(5,6)12-21)15-29-23(34)24-35(19)17-33(18-36(24)20(2)37)22-13-27(7,8)31-28(9,10)14-22/h21-24,29-31H,1,11-18H2,2-10H3. The molecule has 0 radical (unpaired) electrons. The molecule has 0 aromatic heterocycles. The van der Waals surface area contributed by atoms with E-state index in [-0.39, 0.29) is 40.4 Å². The maximum atomic E-state index is 13.0. The summed E-state index contributed by atoms with van der Waals surface area (Å²) in [7, 11) is 0. The fourth-order valence-corrected chi connectivity index (χ4v) is 8.49. The van der Waals surface area contributed by atoms with Crippen LogP contribution in [0.25, 0.3) is 0 Å². The lowest BCUT2D eigenvalue weighted by Crippen LogP contribution is -2.71. The number of amides is 1. The minimum Gasteiger partial charge on any atom is -0.326 e. The molecule has 5 heterocycles. The van der Waals surface area contributed by atoms with Gasteiger partial charge in [-0.3, -0.25) is 19.9 Å². The van der Waals surface area contributed by atoms with Crippen molar-refractivity contribution < 1.29 is 4.79 Å². The second kappa shape index (κ2) is 8.81. The van der Waals surface area contributed by atoms with Crippen molar-refractivity contribution in [3.05, 3.63) is 12.4 Å². The summed E-state index contributed by atoms with van der Waals surface area (Å²) in [5.41, 5.74) is 0.320. The van der Waals surface area contributed by atoms with Crippen LogP contribution in [0.1, 0.15) is 88.0 Å². The second-order valence-corrected chi connectivity index (χ2v) is 15.1. The Morgan fingerprint density at radius 1 is 0.757 bits per heavy atom. The lowest BCUT2D eigenvalue weighted by Gasteiger charge is -2.54. The van der Waals surface area contributed by atoms with Crippen LogP contribution in [0.5, 0.6) is 0 Å². The first kappa shape index (κ1) is 27.2. The van der Waals surface area contributed by atoms with Crippen LogP contribution in [0.2, 0.25) is 0 Å². The third-order valence-electron chi connectivity index (χ3n) is 9.20. The monoisotopic (exact) mass is 516 g/mol. The zero-order valence-electron chi connectivity index (χ0n) is 24.8. The van der Waals surface area contributed by atoms with Crippen molar-refractivity contribution in [2.24, 2.45) is 0 Å². The molecule has 37 heavy (non-hydrogen) atoms. The number of fused-ring (bicyclic) bond motifs is 3. The van der Waals surface area contributed by atoms with E-state index in [1.807, 2.05) is 0 Å². The van der Waals surface area contributed by atoms with Crippen LogP contribution in [0.15, 0.2) is 12.4 Å². The fourth-order valence-electron chi connectivity index (χ4n) is 8.49. The smallest absolute Gasteiger partial charge is 0.222 e. The van der Waals surface area contributed by atoms with E-state index in [1.54, 1.807) is 6.92 Å². The summed E-state index contributed by atoms with van der Waals surface area (Å²) in [5.74, 6) is 1.16. The third-order valence-corrected chi connectivity index (χ3v) is 9.20. The quantitative estimate of drug-likeness (QED) is 0.517. The molecular formula is C28H52N8O. The number of nitrogens with one attached hydrogen (secondary N) is 3. The van der Waals surface area contributed by atoms with Gasteiger partial charge in [0.1, 0.15) is 18.2 Å². The summed E-state index contributed by atoms with van der Waals surface area (Å²) in [5, 5.41) is 11.5. The molecule has 0 saturated carbocycles. The highest BCUT2D eigenvalue weighted by atomic mass is 16.2. The maximum Gasteiger partial charge on any atom is 0.222 e. The molecule has 9 nitrogen and oxygen atoms in total. The molecule has 0 aromatic rings. The molecule has 2 atom stereocenters. The Kier molecular flexibility index (Phi) is 6.47. The van der Waals surface area contributed by atoms with Crippen molar-refractivity contribution >= 4 is 5.91 Å². The van der Waals surface area contributed by atoms with Crippen LogP contribution in [0.4, 0.5) is 0 Å².